The molecule has 0 aromatic carbocycles. The Morgan fingerprint density at radius 2 is 1.89 bits per heavy atom. The third kappa shape index (κ3) is 3.01. The zero-order valence-electron chi connectivity index (χ0n) is 11.0. The van der Waals surface area contributed by atoms with E-state index < -0.39 is 6.03 Å². The van der Waals surface area contributed by atoms with E-state index in [0.29, 0.717) is 13.1 Å². The van der Waals surface area contributed by atoms with E-state index in [1.165, 1.54) is 0 Å². The molecule has 1 aromatic rings. The Morgan fingerprint density at radius 3 is 2.37 bits per heavy atom. The zero-order chi connectivity index (χ0) is 13.8. The highest BCUT2D eigenvalue weighted by atomic mass is 16.2. The molecule has 1 saturated heterocycles. The topological polar surface area (TPSA) is 79.5 Å². The van der Waals surface area contributed by atoms with Crippen molar-refractivity contribution in [3.63, 3.8) is 0 Å². The van der Waals surface area contributed by atoms with Crippen molar-refractivity contribution >= 4 is 17.6 Å². The number of pyridine rings is 1. The Hall–Kier alpha value is -2.11. The Labute approximate surface area is 112 Å². The maximum atomic E-state index is 11.7. The van der Waals surface area contributed by atoms with Crippen LogP contribution in [0.2, 0.25) is 0 Å². The van der Waals surface area contributed by atoms with E-state index in [4.69, 9.17) is 5.73 Å². The summed E-state index contributed by atoms with van der Waals surface area (Å²) in [6.45, 7) is 2.89. The lowest BCUT2D eigenvalue weighted by Crippen LogP contribution is -2.50. The Balaban J connectivity index is 2.10. The van der Waals surface area contributed by atoms with E-state index in [0.717, 1.165) is 18.5 Å². The van der Waals surface area contributed by atoms with Crippen LogP contribution in [0.4, 0.5) is 10.5 Å². The number of primary amides is 1. The Bertz CT molecular complexity index is 455. The van der Waals surface area contributed by atoms with E-state index in [2.05, 4.69) is 4.98 Å². The smallest absolute Gasteiger partial charge is 0.319 e. The van der Waals surface area contributed by atoms with Gasteiger partial charge in [-0.15, -0.1) is 0 Å². The summed E-state index contributed by atoms with van der Waals surface area (Å²) in [5, 5.41) is 0. The molecule has 6 heteroatoms. The number of likely N-dealkylation sites (tertiary alicyclic amines) is 1. The first-order valence-corrected chi connectivity index (χ1v) is 6.34. The maximum absolute atomic E-state index is 11.7. The standard InChI is InChI=1S/C13H18N4O2/c1-10(18)16-8-4-12(5-9-16)17(13(14)19)11-2-6-15-7-3-11/h2-3,6-7,12H,4-5,8-9H2,1H3,(H2,14,19). The van der Waals surface area contributed by atoms with Gasteiger partial charge in [0.2, 0.25) is 5.91 Å². The van der Waals surface area contributed by atoms with Gasteiger partial charge in [-0.1, -0.05) is 0 Å². The number of urea groups is 1. The molecule has 2 N–H and O–H groups in total. The second-order valence-corrected chi connectivity index (χ2v) is 4.65. The molecule has 0 bridgehead atoms. The zero-order valence-corrected chi connectivity index (χ0v) is 11.0. The van der Waals surface area contributed by atoms with Crippen LogP contribution in [0.1, 0.15) is 19.8 Å². The maximum Gasteiger partial charge on any atom is 0.319 e. The number of hydrogen-bond acceptors (Lipinski definition) is 3. The van der Waals surface area contributed by atoms with Crippen LogP contribution in [-0.4, -0.2) is 41.0 Å². The first-order chi connectivity index (χ1) is 9.09. The van der Waals surface area contributed by atoms with Crippen LogP contribution in [0.3, 0.4) is 0 Å². The third-order valence-electron chi connectivity index (χ3n) is 3.45. The number of anilines is 1. The molecule has 0 spiro atoms. The molecule has 6 nitrogen and oxygen atoms in total. The van der Waals surface area contributed by atoms with Crippen molar-refractivity contribution in [2.24, 2.45) is 5.73 Å². The molecule has 0 aliphatic carbocycles. The number of amides is 3. The minimum atomic E-state index is -0.465. The fourth-order valence-electron chi connectivity index (χ4n) is 2.46. The third-order valence-corrected chi connectivity index (χ3v) is 3.45. The number of hydrogen-bond donors (Lipinski definition) is 1. The quantitative estimate of drug-likeness (QED) is 0.862. The van der Waals surface area contributed by atoms with Crippen LogP contribution < -0.4 is 10.6 Å². The molecule has 1 aliphatic heterocycles. The Morgan fingerprint density at radius 1 is 1.32 bits per heavy atom. The predicted molar refractivity (Wildman–Crippen MR) is 71.6 cm³/mol. The van der Waals surface area contributed by atoms with Gasteiger partial charge in [0.1, 0.15) is 0 Å². The van der Waals surface area contributed by atoms with E-state index >= 15 is 0 Å². The second-order valence-electron chi connectivity index (χ2n) is 4.65. The molecule has 3 amide bonds. The lowest BCUT2D eigenvalue weighted by Gasteiger charge is -2.37. The number of nitrogens with zero attached hydrogens (tertiary/aromatic N) is 3. The van der Waals surface area contributed by atoms with Crippen molar-refractivity contribution < 1.29 is 9.59 Å². The fourth-order valence-corrected chi connectivity index (χ4v) is 2.46. The molecule has 1 fully saturated rings. The van der Waals surface area contributed by atoms with Crippen LogP contribution in [0.5, 0.6) is 0 Å². The molecule has 1 aromatic heterocycles. The monoisotopic (exact) mass is 262 g/mol. The van der Waals surface area contributed by atoms with Crippen molar-refractivity contribution in [3.8, 4) is 0 Å². The van der Waals surface area contributed by atoms with Crippen molar-refractivity contribution in [1.29, 1.82) is 0 Å². The van der Waals surface area contributed by atoms with Crippen LogP contribution in [0.25, 0.3) is 0 Å². The van der Waals surface area contributed by atoms with Gasteiger partial charge in [0, 0.05) is 44.1 Å². The summed E-state index contributed by atoms with van der Waals surface area (Å²) in [6, 6.07) is 3.10. The highest BCUT2D eigenvalue weighted by Gasteiger charge is 2.28. The van der Waals surface area contributed by atoms with Crippen LogP contribution >= 0.6 is 0 Å². The molecule has 0 radical (unpaired) electrons. The molecule has 0 saturated carbocycles. The predicted octanol–water partition coefficient (Wildman–Crippen LogP) is 0.978. The van der Waals surface area contributed by atoms with Gasteiger partial charge in [0.05, 0.1) is 0 Å². The van der Waals surface area contributed by atoms with Crippen molar-refractivity contribution in [3.05, 3.63) is 24.5 Å². The lowest BCUT2D eigenvalue weighted by atomic mass is 10.0. The first kappa shape index (κ1) is 13.3. The largest absolute Gasteiger partial charge is 0.351 e. The molecule has 2 rings (SSSR count). The summed E-state index contributed by atoms with van der Waals surface area (Å²) in [7, 11) is 0. The number of rotatable bonds is 2. The number of carbonyl (C=O) groups is 2. The minimum absolute atomic E-state index is 0.0375. The average Bonchev–Trinajstić information content (AvgIpc) is 2.40. The van der Waals surface area contributed by atoms with E-state index in [-0.39, 0.29) is 11.9 Å². The molecule has 0 unspecified atom stereocenters. The molecule has 2 heterocycles. The summed E-state index contributed by atoms with van der Waals surface area (Å²) in [4.78, 5) is 30.3. The molecule has 1 aliphatic rings. The summed E-state index contributed by atoms with van der Waals surface area (Å²) >= 11 is 0. The molecule has 102 valence electrons. The van der Waals surface area contributed by atoms with Crippen LogP contribution in [-0.2, 0) is 4.79 Å². The summed E-state index contributed by atoms with van der Waals surface area (Å²) in [6.07, 6.45) is 4.75. The Kier molecular flexibility index (Phi) is 3.99. The second kappa shape index (κ2) is 5.69. The lowest BCUT2D eigenvalue weighted by molar-refractivity contribution is -0.129. The fraction of sp³-hybridized carbons (Fsp3) is 0.462. The van der Waals surface area contributed by atoms with Gasteiger partial charge in [-0.3, -0.25) is 14.7 Å². The molecular weight excluding hydrogens is 244 g/mol. The van der Waals surface area contributed by atoms with Crippen molar-refractivity contribution in [2.75, 3.05) is 18.0 Å². The van der Waals surface area contributed by atoms with Gasteiger partial charge in [-0.2, -0.15) is 0 Å². The first-order valence-electron chi connectivity index (χ1n) is 6.34. The number of carbonyl (C=O) groups excluding carboxylic acids is 2. The molecule has 0 atom stereocenters. The number of piperidine rings is 1. The van der Waals surface area contributed by atoms with Gasteiger partial charge in [0.15, 0.2) is 0 Å². The van der Waals surface area contributed by atoms with Gasteiger partial charge >= 0.3 is 6.03 Å². The molecular formula is C13H18N4O2. The van der Waals surface area contributed by atoms with Crippen LogP contribution in [0.15, 0.2) is 24.5 Å². The summed E-state index contributed by atoms with van der Waals surface area (Å²) in [5.41, 5.74) is 6.23. The average molecular weight is 262 g/mol. The van der Waals surface area contributed by atoms with E-state index in [9.17, 15) is 9.59 Å². The summed E-state index contributed by atoms with van der Waals surface area (Å²) < 4.78 is 0. The van der Waals surface area contributed by atoms with Crippen molar-refractivity contribution in [2.45, 2.75) is 25.8 Å². The normalized spacial score (nSPS) is 16.2. The summed E-state index contributed by atoms with van der Waals surface area (Å²) in [5.74, 6) is 0.0768. The SMILES string of the molecule is CC(=O)N1CCC(N(C(N)=O)c2ccncc2)CC1. The van der Waals surface area contributed by atoms with Gasteiger partial charge in [-0.05, 0) is 25.0 Å². The highest BCUT2D eigenvalue weighted by Crippen LogP contribution is 2.22. The van der Waals surface area contributed by atoms with E-state index in [1.807, 2.05) is 0 Å². The van der Waals surface area contributed by atoms with Crippen LogP contribution in [0, 0.1) is 0 Å². The van der Waals surface area contributed by atoms with E-state index in [1.54, 1.807) is 41.2 Å². The van der Waals surface area contributed by atoms with Gasteiger partial charge in [0.25, 0.3) is 0 Å². The number of nitrogens with two attached hydrogens (primary N) is 1. The van der Waals surface area contributed by atoms with Gasteiger partial charge in [-0.25, -0.2) is 4.79 Å². The van der Waals surface area contributed by atoms with Gasteiger partial charge < -0.3 is 10.6 Å². The highest BCUT2D eigenvalue weighted by molar-refractivity contribution is 5.91. The molecule has 19 heavy (non-hydrogen) atoms. The minimum Gasteiger partial charge on any atom is -0.351 e. The van der Waals surface area contributed by atoms with Crippen molar-refractivity contribution in [1.82, 2.24) is 9.88 Å². The number of aromatic nitrogens is 1.